The minimum Gasteiger partial charge on any atom is -0.375 e. The third-order valence-corrected chi connectivity index (χ3v) is 3.01. The van der Waals surface area contributed by atoms with Gasteiger partial charge in [-0.05, 0) is 19.8 Å². The van der Waals surface area contributed by atoms with Crippen LogP contribution in [0.3, 0.4) is 0 Å². The fourth-order valence-electron chi connectivity index (χ4n) is 2.07. The average Bonchev–Trinajstić information content (AvgIpc) is 2.76. The second kappa shape index (κ2) is 5.27. The first-order chi connectivity index (χ1) is 8.20. The summed E-state index contributed by atoms with van der Waals surface area (Å²) in [5, 5.41) is 3.79. The molecule has 17 heavy (non-hydrogen) atoms. The largest absolute Gasteiger partial charge is 0.375 e. The van der Waals surface area contributed by atoms with Crippen molar-refractivity contribution >= 4 is 5.91 Å². The molecule has 0 N–H and O–H groups in total. The van der Waals surface area contributed by atoms with Crippen LogP contribution in [0, 0.1) is 6.92 Å². The SMILES string of the molecule is COCC(=O)N1CCC(c2nc(C)no2)CC1. The fourth-order valence-corrected chi connectivity index (χ4v) is 2.07. The summed E-state index contributed by atoms with van der Waals surface area (Å²) < 4.78 is 10.00. The number of carbonyl (C=O) groups excluding carboxylic acids is 1. The van der Waals surface area contributed by atoms with Gasteiger partial charge >= 0.3 is 0 Å². The van der Waals surface area contributed by atoms with Gasteiger partial charge in [0.1, 0.15) is 6.61 Å². The first-order valence-electron chi connectivity index (χ1n) is 5.77. The lowest BCUT2D eigenvalue weighted by molar-refractivity contribution is -0.136. The topological polar surface area (TPSA) is 68.5 Å². The van der Waals surface area contributed by atoms with Crippen molar-refractivity contribution in [1.82, 2.24) is 15.0 Å². The molecule has 94 valence electrons. The zero-order chi connectivity index (χ0) is 12.3. The van der Waals surface area contributed by atoms with Gasteiger partial charge in [-0.2, -0.15) is 4.98 Å². The van der Waals surface area contributed by atoms with Crippen LogP contribution in [0.25, 0.3) is 0 Å². The van der Waals surface area contributed by atoms with Gasteiger partial charge in [-0.25, -0.2) is 0 Å². The van der Waals surface area contributed by atoms with Gasteiger partial charge in [0.2, 0.25) is 11.8 Å². The van der Waals surface area contributed by atoms with Crippen molar-refractivity contribution in [3.63, 3.8) is 0 Å². The molecular weight excluding hydrogens is 222 g/mol. The molecule has 0 unspecified atom stereocenters. The molecule has 1 aromatic heterocycles. The Morgan fingerprint density at radius 3 is 2.76 bits per heavy atom. The van der Waals surface area contributed by atoms with Crippen LogP contribution in [0.2, 0.25) is 0 Å². The lowest BCUT2D eigenvalue weighted by atomic mass is 9.97. The molecule has 1 amide bonds. The molecule has 1 aliphatic heterocycles. The number of rotatable bonds is 3. The van der Waals surface area contributed by atoms with Crippen LogP contribution in [0.15, 0.2) is 4.52 Å². The minimum absolute atomic E-state index is 0.0488. The molecular formula is C11H17N3O3. The van der Waals surface area contributed by atoms with Gasteiger partial charge in [-0.15, -0.1) is 0 Å². The molecule has 0 spiro atoms. The maximum atomic E-state index is 11.6. The van der Waals surface area contributed by atoms with E-state index in [2.05, 4.69) is 10.1 Å². The number of likely N-dealkylation sites (tertiary alicyclic amines) is 1. The number of nitrogens with zero attached hydrogens (tertiary/aromatic N) is 3. The number of methoxy groups -OCH3 is 1. The Balaban J connectivity index is 1.88. The number of carbonyl (C=O) groups is 1. The van der Waals surface area contributed by atoms with Crippen LogP contribution in [-0.2, 0) is 9.53 Å². The van der Waals surface area contributed by atoms with Crippen LogP contribution < -0.4 is 0 Å². The van der Waals surface area contributed by atoms with E-state index in [1.54, 1.807) is 0 Å². The Labute approximate surface area is 99.9 Å². The number of aromatic nitrogens is 2. The summed E-state index contributed by atoms with van der Waals surface area (Å²) in [6, 6.07) is 0. The van der Waals surface area contributed by atoms with Crippen molar-refractivity contribution in [1.29, 1.82) is 0 Å². The maximum absolute atomic E-state index is 11.6. The van der Waals surface area contributed by atoms with Gasteiger partial charge in [0.05, 0.1) is 0 Å². The first-order valence-corrected chi connectivity index (χ1v) is 5.77. The van der Waals surface area contributed by atoms with Crippen LogP contribution in [-0.4, -0.2) is 47.8 Å². The maximum Gasteiger partial charge on any atom is 0.248 e. The summed E-state index contributed by atoms with van der Waals surface area (Å²) in [7, 11) is 1.53. The Bertz CT molecular complexity index is 383. The number of amides is 1. The van der Waals surface area contributed by atoms with Crippen LogP contribution in [0.5, 0.6) is 0 Å². The molecule has 1 fully saturated rings. The van der Waals surface area contributed by atoms with E-state index in [4.69, 9.17) is 9.26 Å². The quantitative estimate of drug-likeness (QED) is 0.777. The second-order valence-electron chi connectivity index (χ2n) is 4.27. The predicted octanol–water partition coefficient (Wildman–Crippen LogP) is 0.730. The minimum atomic E-state index is 0.0488. The highest BCUT2D eigenvalue weighted by molar-refractivity contribution is 5.77. The van der Waals surface area contributed by atoms with Crippen molar-refractivity contribution < 1.29 is 14.1 Å². The Morgan fingerprint density at radius 1 is 1.53 bits per heavy atom. The van der Waals surface area contributed by atoms with Crippen LogP contribution >= 0.6 is 0 Å². The molecule has 6 nitrogen and oxygen atoms in total. The van der Waals surface area contributed by atoms with Gasteiger partial charge in [0.15, 0.2) is 5.82 Å². The highest BCUT2D eigenvalue weighted by atomic mass is 16.5. The van der Waals surface area contributed by atoms with E-state index < -0.39 is 0 Å². The molecule has 2 rings (SSSR count). The van der Waals surface area contributed by atoms with Crippen molar-refractivity contribution in [2.24, 2.45) is 0 Å². The monoisotopic (exact) mass is 239 g/mol. The molecule has 1 aliphatic rings. The summed E-state index contributed by atoms with van der Waals surface area (Å²) in [6.07, 6.45) is 1.74. The number of hydrogen-bond donors (Lipinski definition) is 0. The average molecular weight is 239 g/mol. The smallest absolute Gasteiger partial charge is 0.248 e. The van der Waals surface area contributed by atoms with Crippen LogP contribution in [0.1, 0.15) is 30.5 Å². The van der Waals surface area contributed by atoms with E-state index in [-0.39, 0.29) is 18.4 Å². The Hall–Kier alpha value is -1.43. The second-order valence-corrected chi connectivity index (χ2v) is 4.27. The zero-order valence-corrected chi connectivity index (χ0v) is 10.2. The molecule has 6 heteroatoms. The number of piperidine rings is 1. The highest BCUT2D eigenvalue weighted by Crippen LogP contribution is 2.26. The first kappa shape index (κ1) is 12.0. The molecule has 0 atom stereocenters. The normalized spacial score (nSPS) is 17.4. The summed E-state index contributed by atoms with van der Waals surface area (Å²) in [5.41, 5.74) is 0. The van der Waals surface area contributed by atoms with Crippen molar-refractivity contribution in [3.05, 3.63) is 11.7 Å². The summed E-state index contributed by atoms with van der Waals surface area (Å²) in [5.74, 6) is 1.69. The molecule has 0 aromatic carbocycles. The highest BCUT2D eigenvalue weighted by Gasteiger charge is 2.26. The molecule has 0 bridgehead atoms. The van der Waals surface area contributed by atoms with Crippen LogP contribution in [0.4, 0.5) is 0 Å². The summed E-state index contributed by atoms with van der Waals surface area (Å²) in [4.78, 5) is 17.7. The molecule has 0 saturated carbocycles. The summed E-state index contributed by atoms with van der Waals surface area (Å²) in [6.45, 7) is 3.43. The van der Waals surface area contributed by atoms with Crippen molar-refractivity contribution in [3.8, 4) is 0 Å². The van der Waals surface area contributed by atoms with Crippen molar-refractivity contribution in [2.45, 2.75) is 25.7 Å². The lowest BCUT2D eigenvalue weighted by Crippen LogP contribution is -2.39. The van der Waals surface area contributed by atoms with E-state index in [9.17, 15) is 4.79 Å². The van der Waals surface area contributed by atoms with E-state index in [1.807, 2.05) is 11.8 Å². The molecule has 2 heterocycles. The molecule has 1 aromatic rings. The molecule has 0 aliphatic carbocycles. The fraction of sp³-hybridized carbons (Fsp3) is 0.727. The van der Waals surface area contributed by atoms with E-state index in [1.165, 1.54) is 7.11 Å². The van der Waals surface area contributed by atoms with Gasteiger partial charge in [-0.1, -0.05) is 5.16 Å². The predicted molar refractivity (Wildman–Crippen MR) is 59.5 cm³/mol. The number of hydrogen-bond acceptors (Lipinski definition) is 5. The van der Waals surface area contributed by atoms with Gasteiger partial charge in [-0.3, -0.25) is 4.79 Å². The van der Waals surface area contributed by atoms with Gasteiger partial charge < -0.3 is 14.2 Å². The zero-order valence-electron chi connectivity index (χ0n) is 10.2. The lowest BCUT2D eigenvalue weighted by Gasteiger charge is -2.30. The van der Waals surface area contributed by atoms with Gasteiger partial charge in [0.25, 0.3) is 0 Å². The third-order valence-electron chi connectivity index (χ3n) is 3.01. The van der Waals surface area contributed by atoms with Gasteiger partial charge in [0, 0.05) is 26.1 Å². The van der Waals surface area contributed by atoms with E-state index in [0.717, 1.165) is 25.9 Å². The molecule has 0 radical (unpaired) electrons. The number of aryl methyl sites for hydroxylation is 1. The molecule has 1 saturated heterocycles. The summed E-state index contributed by atoms with van der Waals surface area (Å²) >= 11 is 0. The number of ether oxygens (including phenoxy) is 1. The Kier molecular flexibility index (Phi) is 3.73. The third kappa shape index (κ3) is 2.82. The van der Waals surface area contributed by atoms with E-state index in [0.29, 0.717) is 11.7 Å². The standard InChI is InChI=1S/C11H17N3O3/c1-8-12-11(17-13-8)9-3-5-14(6-4-9)10(15)7-16-2/h9H,3-7H2,1-2H3. The van der Waals surface area contributed by atoms with Crippen molar-refractivity contribution in [2.75, 3.05) is 26.8 Å². The Morgan fingerprint density at radius 2 is 2.24 bits per heavy atom. The van der Waals surface area contributed by atoms with E-state index >= 15 is 0 Å².